The van der Waals surface area contributed by atoms with Gasteiger partial charge in [0.15, 0.2) is 0 Å². The highest BCUT2D eigenvalue weighted by atomic mass is 32.2. The number of ether oxygens (including phenoxy) is 2. The van der Waals surface area contributed by atoms with E-state index in [4.69, 9.17) is 9.47 Å². The number of thioether (sulfide) groups is 1. The number of fused-ring (bicyclic) bond motifs is 1. The molecule has 0 aromatic heterocycles. The number of carbonyl (C=O) groups is 3. The Kier molecular flexibility index (Phi) is 7.18. The third kappa shape index (κ3) is 4.77. The quantitative estimate of drug-likeness (QED) is 0.273. The van der Waals surface area contributed by atoms with Crippen LogP contribution < -0.4 is 14.8 Å². The maximum absolute atomic E-state index is 12.9. The molecule has 0 saturated carbocycles. The first-order valence-electron chi connectivity index (χ1n) is 10.7. The summed E-state index contributed by atoms with van der Waals surface area (Å²) in [6.07, 6.45) is 0.658. The minimum atomic E-state index is -0.331. The van der Waals surface area contributed by atoms with Crippen LogP contribution in [0.3, 0.4) is 0 Å². The van der Waals surface area contributed by atoms with Gasteiger partial charge in [-0.05, 0) is 54.6 Å². The number of carbonyl (C=O) groups excluding carboxylic acids is 3. The van der Waals surface area contributed by atoms with Crippen LogP contribution in [0, 0.1) is 0 Å². The number of benzene rings is 3. The van der Waals surface area contributed by atoms with Crippen LogP contribution in [0.1, 0.15) is 37.5 Å². The van der Waals surface area contributed by atoms with Crippen LogP contribution in [-0.2, 0) is 0 Å². The van der Waals surface area contributed by atoms with Gasteiger partial charge in [0.1, 0.15) is 17.1 Å². The molecule has 0 atom stereocenters. The lowest BCUT2D eigenvalue weighted by Gasteiger charge is -2.14. The first kappa shape index (κ1) is 23.4. The zero-order valence-corrected chi connectivity index (χ0v) is 19.7. The number of amides is 3. The van der Waals surface area contributed by atoms with Gasteiger partial charge in [-0.3, -0.25) is 19.3 Å². The molecule has 0 radical (unpaired) electrons. The van der Waals surface area contributed by atoms with E-state index in [1.165, 1.54) is 19.1 Å². The van der Waals surface area contributed by atoms with E-state index in [2.05, 4.69) is 5.32 Å². The Morgan fingerprint density at radius 1 is 0.882 bits per heavy atom. The zero-order chi connectivity index (χ0) is 24.1. The molecule has 0 fully saturated rings. The second-order valence-corrected chi connectivity index (χ2v) is 8.70. The molecule has 3 aromatic rings. The number of imide groups is 1. The molecule has 0 unspecified atom stereocenters. The molecule has 0 spiro atoms. The number of anilines is 1. The summed E-state index contributed by atoms with van der Waals surface area (Å²) >= 11 is 1.59. The lowest BCUT2D eigenvalue weighted by Crippen LogP contribution is -2.30. The van der Waals surface area contributed by atoms with Gasteiger partial charge in [-0.25, -0.2) is 0 Å². The van der Waals surface area contributed by atoms with Gasteiger partial charge < -0.3 is 14.8 Å². The van der Waals surface area contributed by atoms with E-state index in [-0.39, 0.29) is 17.7 Å². The van der Waals surface area contributed by atoms with Crippen LogP contribution in [0.5, 0.6) is 11.5 Å². The first-order chi connectivity index (χ1) is 16.5. The average Bonchev–Trinajstić information content (AvgIpc) is 3.11. The van der Waals surface area contributed by atoms with Crippen LogP contribution in [0.15, 0.2) is 71.6 Å². The van der Waals surface area contributed by atoms with E-state index >= 15 is 0 Å². The number of nitrogens with zero attached hydrogens (tertiary/aromatic N) is 1. The Balaban J connectivity index is 1.34. The summed E-state index contributed by atoms with van der Waals surface area (Å²) in [5.41, 5.74) is 1.90. The minimum Gasteiger partial charge on any atom is -0.496 e. The molecule has 174 valence electrons. The smallest absolute Gasteiger partial charge is 0.263 e. The van der Waals surface area contributed by atoms with Gasteiger partial charge in [0.2, 0.25) is 0 Å². The summed E-state index contributed by atoms with van der Waals surface area (Å²) in [5, 5.41) is 2.90. The largest absolute Gasteiger partial charge is 0.496 e. The summed E-state index contributed by atoms with van der Waals surface area (Å²) in [6, 6.07) is 19.6. The first-order valence-corrected chi connectivity index (χ1v) is 11.7. The third-order valence-electron chi connectivity index (χ3n) is 5.42. The predicted molar refractivity (Wildman–Crippen MR) is 131 cm³/mol. The van der Waals surface area contributed by atoms with Crippen LogP contribution >= 0.6 is 11.8 Å². The number of nitrogens with one attached hydrogen (secondary N) is 1. The van der Waals surface area contributed by atoms with Gasteiger partial charge >= 0.3 is 0 Å². The molecule has 4 rings (SSSR count). The van der Waals surface area contributed by atoms with Crippen molar-refractivity contribution in [1.82, 2.24) is 4.90 Å². The van der Waals surface area contributed by atoms with E-state index in [9.17, 15) is 14.4 Å². The average molecular weight is 477 g/mol. The van der Waals surface area contributed by atoms with Gasteiger partial charge in [-0.2, -0.15) is 0 Å². The van der Waals surface area contributed by atoms with E-state index in [1.54, 1.807) is 54.2 Å². The van der Waals surface area contributed by atoms with E-state index in [0.717, 1.165) is 4.90 Å². The van der Waals surface area contributed by atoms with Crippen molar-refractivity contribution in [2.75, 3.05) is 31.8 Å². The normalized spacial score (nSPS) is 12.5. The summed E-state index contributed by atoms with van der Waals surface area (Å²) in [5.74, 6) is 0.766. The van der Waals surface area contributed by atoms with Crippen LogP contribution in [0.4, 0.5) is 5.69 Å². The lowest BCUT2D eigenvalue weighted by molar-refractivity contribution is 0.0654. The van der Waals surface area contributed by atoms with Gasteiger partial charge in [0.25, 0.3) is 17.7 Å². The summed E-state index contributed by atoms with van der Waals surface area (Å²) in [4.78, 5) is 40.1. The Hall–Kier alpha value is -3.78. The standard InChI is InChI=1S/C26H24N2O5S/c1-32-21-12-6-13-22(33-2)23(21)24(29)27-17-8-5-9-18(16-17)34-15-7-14-28-25(30)19-10-3-4-11-20(19)26(28)31/h3-6,8-13,16H,7,14-15H2,1-2H3,(H,27,29). The lowest BCUT2D eigenvalue weighted by atomic mass is 10.1. The van der Waals surface area contributed by atoms with Crippen molar-refractivity contribution in [3.63, 3.8) is 0 Å². The molecule has 0 aliphatic carbocycles. The summed E-state index contributed by atoms with van der Waals surface area (Å²) in [6.45, 7) is 0.364. The summed E-state index contributed by atoms with van der Waals surface area (Å²) in [7, 11) is 3.01. The van der Waals surface area contributed by atoms with Crippen molar-refractivity contribution in [3.8, 4) is 11.5 Å². The fraction of sp³-hybridized carbons (Fsp3) is 0.192. The molecule has 0 bridgehead atoms. The molecule has 7 nitrogen and oxygen atoms in total. The van der Waals surface area contributed by atoms with Crippen molar-refractivity contribution in [3.05, 3.63) is 83.4 Å². The van der Waals surface area contributed by atoms with Gasteiger partial charge in [0.05, 0.1) is 25.3 Å². The van der Waals surface area contributed by atoms with E-state index in [0.29, 0.717) is 52.6 Å². The second kappa shape index (κ2) is 10.4. The Labute approximate surface area is 202 Å². The number of methoxy groups -OCH3 is 2. The molecule has 1 heterocycles. The van der Waals surface area contributed by atoms with Crippen LogP contribution in [0.2, 0.25) is 0 Å². The Bertz CT molecular complexity index is 1190. The highest BCUT2D eigenvalue weighted by molar-refractivity contribution is 7.99. The monoisotopic (exact) mass is 476 g/mol. The maximum Gasteiger partial charge on any atom is 0.263 e. The SMILES string of the molecule is COc1cccc(OC)c1C(=O)Nc1cccc(SCCCN2C(=O)c3ccccc3C2=O)c1. The molecule has 34 heavy (non-hydrogen) atoms. The highest BCUT2D eigenvalue weighted by Gasteiger charge is 2.34. The molecule has 1 N–H and O–H groups in total. The van der Waals surface area contributed by atoms with Crippen molar-refractivity contribution in [1.29, 1.82) is 0 Å². The molecule has 1 aliphatic heterocycles. The Morgan fingerprint density at radius 3 is 2.12 bits per heavy atom. The van der Waals surface area contributed by atoms with Crippen molar-refractivity contribution in [2.24, 2.45) is 0 Å². The maximum atomic E-state index is 12.9. The predicted octanol–water partition coefficient (Wildman–Crippen LogP) is 4.73. The number of hydrogen-bond acceptors (Lipinski definition) is 6. The summed E-state index contributed by atoms with van der Waals surface area (Å²) < 4.78 is 10.6. The fourth-order valence-electron chi connectivity index (χ4n) is 3.79. The third-order valence-corrected chi connectivity index (χ3v) is 6.50. The molecular formula is C26H24N2O5S. The van der Waals surface area contributed by atoms with Crippen LogP contribution in [-0.4, -0.2) is 49.1 Å². The Morgan fingerprint density at radius 2 is 1.50 bits per heavy atom. The zero-order valence-electron chi connectivity index (χ0n) is 18.9. The van der Waals surface area contributed by atoms with E-state index < -0.39 is 0 Å². The molecule has 8 heteroatoms. The molecular weight excluding hydrogens is 452 g/mol. The second-order valence-electron chi connectivity index (χ2n) is 7.53. The fourth-order valence-corrected chi connectivity index (χ4v) is 4.68. The highest BCUT2D eigenvalue weighted by Crippen LogP contribution is 2.30. The minimum absolute atomic E-state index is 0.234. The van der Waals surface area contributed by atoms with Crippen molar-refractivity contribution in [2.45, 2.75) is 11.3 Å². The topological polar surface area (TPSA) is 84.9 Å². The van der Waals surface area contributed by atoms with Gasteiger partial charge in [-0.1, -0.05) is 24.3 Å². The molecule has 0 saturated heterocycles. The van der Waals surface area contributed by atoms with Gasteiger partial charge in [-0.15, -0.1) is 11.8 Å². The van der Waals surface area contributed by atoms with Crippen LogP contribution in [0.25, 0.3) is 0 Å². The molecule has 3 aromatic carbocycles. The number of hydrogen-bond donors (Lipinski definition) is 1. The van der Waals surface area contributed by atoms with Crippen molar-refractivity contribution < 1.29 is 23.9 Å². The van der Waals surface area contributed by atoms with Gasteiger partial charge in [0, 0.05) is 17.1 Å². The van der Waals surface area contributed by atoms with Crippen molar-refractivity contribution >= 4 is 35.2 Å². The molecule has 1 aliphatic rings. The van der Waals surface area contributed by atoms with E-state index in [1.807, 2.05) is 24.3 Å². The molecule has 3 amide bonds. The number of rotatable bonds is 9.